The predicted octanol–water partition coefficient (Wildman–Crippen LogP) is 1.16. The van der Waals surface area contributed by atoms with Crippen molar-refractivity contribution in [1.82, 2.24) is 15.1 Å². The molecule has 78 valence electrons. The first-order chi connectivity index (χ1) is 6.65. The SMILES string of the molecule is CNCCCn1cc(Br)c([N+](=O)[O-])n1. The van der Waals surface area contributed by atoms with Crippen molar-refractivity contribution in [3.8, 4) is 0 Å². The fourth-order valence-corrected chi connectivity index (χ4v) is 1.50. The van der Waals surface area contributed by atoms with E-state index in [0.717, 1.165) is 13.0 Å². The van der Waals surface area contributed by atoms with Gasteiger partial charge in [0.15, 0.2) is 0 Å². The Morgan fingerprint density at radius 3 is 3.00 bits per heavy atom. The van der Waals surface area contributed by atoms with Crippen molar-refractivity contribution in [1.29, 1.82) is 0 Å². The normalized spacial score (nSPS) is 10.4. The average Bonchev–Trinajstić information content (AvgIpc) is 2.47. The molecule has 1 heterocycles. The van der Waals surface area contributed by atoms with Crippen LogP contribution in [0.4, 0.5) is 5.82 Å². The van der Waals surface area contributed by atoms with Gasteiger partial charge < -0.3 is 15.4 Å². The molecule has 7 heteroatoms. The van der Waals surface area contributed by atoms with Crippen LogP contribution in [0.5, 0.6) is 0 Å². The van der Waals surface area contributed by atoms with Crippen molar-refractivity contribution in [2.75, 3.05) is 13.6 Å². The second-order valence-corrected chi connectivity index (χ2v) is 3.63. The van der Waals surface area contributed by atoms with Crippen molar-refractivity contribution >= 4 is 21.7 Å². The molecule has 6 nitrogen and oxygen atoms in total. The van der Waals surface area contributed by atoms with Crippen LogP contribution in [-0.2, 0) is 6.54 Å². The van der Waals surface area contributed by atoms with Gasteiger partial charge in [0.1, 0.15) is 4.47 Å². The minimum absolute atomic E-state index is 0.130. The topological polar surface area (TPSA) is 73.0 Å². The second kappa shape index (κ2) is 5.06. The highest BCUT2D eigenvalue weighted by Gasteiger charge is 2.17. The van der Waals surface area contributed by atoms with Gasteiger partial charge in [0.25, 0.3) is 0 Å². The molecule has 0 radical (unpaired) electrons. The monoisotopic (exact) mass is 262 g/mol. The van der Waals surface area contributed by atoms with Gasteiger partial charge in [0.05, 0.1) is 17.8 Å². The van der Waals surface area contributed by atoms with Gasteiger partial charge >= 0.3 is 5.82 Å². The quantitative estimate of drug-likeness (QED) is 0.491. The fourth-order valence-electron chi connectivity index (χ4n) is 1.04. The molecule has 0 spiro atoms. The molecule has 0 aliphatic heterocycles. The lowest BCUT2D eigenvalue weighted by molar-refractivity contribution is -0.390. The van der Waals surface area contributed by atoms with E-state index in [1.807, 2.05) is 7.05 Å². The van der Waals surface area contributed by atoms with Crippen LogP contribution in [-0.4, -0.2) is 28.3 Å². The molecule has 1 aromatic rings. The summed E-state index contributed by atoms with van der Waals surface area (Å²) in [7, 11) is 1.86. The maximum atomic E-state index is 10.5. The van der Waals surface area contributed by atoms with E-state index < -0.39 is 4.92 Å². The van der Waals surface area contributed by atoms with Gasteiger partial charge in [0, 0.05) is 0 Å². The van der Waals surface area contributed by atoms with Gasteiger partial charge in [-0.15, -0.1) is 0 Å². The molecular formula is C7H11BrN4O2. The van der Waals surface area contributed by atoms with Crippen LogP contribution in [0, 0.1) is 10.1 Å². The van der Waals surface area contributed by atoms with Gasteiger partial charge in [-0.3, -0.25) is 0 Å². The first kappa shape index (κ1) is 11.1. The highest BCUT2D eigenvalue weighted by Crippen LogP contribution is 2.21. The van der Waals surface area contributed by atoms with E-state index in [1.54, 1.807) is 10.9 Å². The molecule has 0 atom stereocenters. The number of halogens is 1. The molecule has 0 aromatic carbocycles. The van der Waals surface area contributed by atoms with E-state index in [-0.39, 0.29) is 5.82 Å². The minimum atomic E-state index is -0.501. The van der Waals surface area contributed by atoms with Crippen LogP contribution in [0.3, 0.4) is 0 Å². The molecule has 0 bridgehead atoms. The van der Waals surface area contributed by atoms with E-state index in [0.29, 0.717) is 11.0 Å². The smallest absolute Gasteiger partial charge is 0.358 e. The number of nitro groups is 1. The van der Waals surface area contributed by atoms with Crippen LogP contribution in [0.1, 0.15) is 6.42 Å². The number of hydrogen-bond donors (Lipinski definition) is 1. The van der Waals surface area contributed by atoms with Crippen molar-refractivity contribution < 1.29 is 4.92 Å². The number of rotatable bonds is 5. The summed E-state index contributed by atoms with van der Waals surface area (Å²) < 4.78 is 1.99. The third kappa shape index (κ3) is 2.78. The Hall–Kier alpha value is -0.950. The first-order valence-corrected chi connectivity index (χ1v) is 4.96. The molecule has 0 saturated heterocycles. The number of hydrogen-bond acceptors (Lipinski definition) is 4. The average molecular weight is 263 g/mol. The van der Waals surface area contributed by atoms with Gasteiger partial charge in [-0.1, -0.05) is 0 Å². The van der Waals surface area contributed by atoms with E-state index in [4.69, 9.17) is 0 Å². The van der Waals surface area contributed by atoms with Crippen LogP contribution in [0.25, 0.3) is 0 Å². The Balaban J connectivity index is 2.62. The van der Waals surface area contributed by atoms with E-state index in [1.165, 1.54) is 0 Å². The highest BCUT2D eigenvalue weighted by molar-refractivity contribution is 9.10. The molecule has 1 rings (SSSR count). The van der Waals surface area contributed by atoms with Crippen molar-refractivity contribution in [2.45, 2.75) is 13.0 Å². The summed E-state index contributed by atoms with van der Waals surface area (Å²) in [6, 6.07) is 0. The molecule has 0 amide bonds. The molecule has 14 heavy (non-hydrogen) atoms. The van der Waals surface area contributed by atoms with Gasteiger partial charge in [0.2, 0.25) is 0 Å². The van der Waals surface area contributed by atoms with Crippen LogP contribution < -0.4 is 5.32 Å². The second-order valence-electron chi connectivity index (χ2n) is 2.78. The first-order valence-electron chi connectivity index (χ1n) is 4.17. The molecule has 0 fully saturated rings. The lowest BCUT2D eigenvalue weighted by atomic mass is 10.4. The Kier molecular flexibility index (Phi) is 4.02. The zero-order chi connectivity index (χ0) is 10.6. The summed E-state index contributed by atoms with van der Waals surface area (Å²) in [6.07, 6.45) is 2.51. The summed E-state index contributed by atoms with van der Waals surface area (Å²) in [5.41, 5.74) is 0. The van der Waals surface area contributed by atoms with Gasteiger partial charge in [-0.2, -0.15) is 4.68 Å². The zero-order valence-corrected chi connectivity index (χ0v) is 9.32. The summed E-state index contributed by atoms with van der Waals surface area (Å²) in [5.74, 6) is -0.130. The van der Waals surface area contributed by atoms with Crippen LogP contribution >= 0.6 is 15.9 Å². The summed E-state index contributed by atoms with van der Waals surface area (Å²) in [5, 5.41) is 17.3. The lowest BCUT2D eigenvalue weighted by Crippen LogP contribution is -2.11. The molecule has 1 aromatic heterocycles. The maximum Gasteiger partial charge on any atom is 0.404 e. The van der Waals surface area contributed by atoms with Crippen LogP contribution in [0.15, 0.2) is 10.7 Å². The minimum Gasteiger partial charge on any atom is -0.358 e. The molecular weight excluding hydrogens is 252 g/mol. The highest BCUT2D eigenvalue weighted by atomic mass is 79.9. The predicted molar refractivity (Wildman–Crippen MR) is 55.1 cm³/mol. The zero-order valence-electron chi connectivity index (χ0n) is 7.73. The third-order valence-corrected chi connectivity index (χ3v) is 2.25. The van der Waals surface area contributed by atoms with Gasteiger partial charge in [-0.25, -0.2) is 0 Å². The fraction of sp³-hybridized carbons (Fsp3) is 0.571. The molecule has 1 N–H and O–H groups in total. The number of nitrogens with one attached hydrogen (secondary N) is 1. The standard InChI is InChI=1S/C7H11BrN4O2/c1-9-3-2-4-11-5-6(8)7(10-11)12(13)14/h5,9H,2-4H2,1H3. The summed E-state index contributed by atoms with van der Waals surface area (Å²) in [4.78, 5) is 9.95. The molecule has 0 aliphatic rings. The number of aryl methyl sites for hydroxylation is 1. The third-order valence-electron chi connectivity index (χ3n) is 1.69. The Morgan fingerprint density at radius 1 is 1.79 bits per heavy atom. The van der Waals surface area contributed by atoms with E-state index >= 15 is 0 Å². The van der Waals surface area contributed by atoms with E-state index in [2.05, 4.69) is 26.3 Å². The Bertz CT molecular complexity index is 325. The van der Waals surface area contributed by atoms with Crippen LogP contribution in [0.2, 0.25) is 0 Å². The van der Waals surface area contributed by atoms with Gasteiger partial charge in [-0.05, 0) is 40.9 Å². The molecule has 0 saturated carbocycles. The summed E-state index contributed by atoms with van der Waals surface area (Å²) >= 11 is 3.09. The lowest BCUT2D eigenvalue weighted by Gasteiger charge is -1.95. The maximum absolute atomic E-state index is 10.5. The molecule has 0 unspecified atom stereocenters. The number of nitrogens with zero attached hydrogens (tertiary/aromatic N) is 3. The van der Waals surface area contributed by atoms with E-state index in [9.17, 15) is 10.1 Å². The Labute approximate surface area is 89.6 Å². The van der Waals surface area contributed by atoms with Crippen molar-refractivity contribution in [3.05, 3.63) is 20.8 Å². The largest absolute Gasteiger partial charge is 0.404 e. The summed E-state index contributed by atoms with van der Waals surface area (Å²) in [6.45, 7) is 1.54. The number of aromatic nitrogens is 2. The van der Waals surface area contributed by atoms with Crippen molar-refractivity contribution in [2.24, 2.45) is 0 Å². The Morgan fingerprint density at radius 2 is 2.50 bits per heavy atom. The van der Waals surface area contributed by atoms with Crippen molar-refractivity contribution in [3.63, 3.8) is 0 Å². The molecule has 0 aliphatic carbocycles.